The Morgan fingerprint density at radius 3 is 2.63 bits per heavy atom. The van der Waals surface area contributed by atoms with E-state index in [9.17, 15) is 9.90 Å². The lowest BCUT2D eigenvalue weighted by atomic mass is 10.1. The lowest BCUT2D eigenvalue weighted by Gasteiger charge is -2.33. The number of β-amino-alcohol motifs (C(OH)–C–C–N with tert-alkyl or cyclic N) is 1. The van der Waals surface area contributed by atoms with Gasteiger partial charge >= 0.3 is 6.03 Å². The van der Waals surface area contributed by atoms with Crippen LogP contribution in [0.1, 0.15) is 18.4 Å². The van der Waals surface area contributed by atoms with E-state index >= 15 is 0 Å². The fourth-order valence-electron chi connectivity index (χ4n) is 3.41. The van der Waals surface area contributed by atoms with E-state index in [0.29, 0.717) is 22.3 Å². The van der Waals surface area contributed by atoms with Gasteiger partial charge in [0.15, 0.2) is 0 Å². The normalized spacial score (nSPS) is 16.1. The maximum atomic E-state index is 12.0. The van der Waals surface area contributed by atoms with Crippen LogP contribution in [0.2, 0.25) is 10.0 Å². The molecule has 8 heteroatoms. The van der Waals surface area contributed by atoms with Gasteiger partial charge in [-0.25, -0.2) is 4.79 Å². The number of carbonyl (C=O) groups is 1. The summed E-state index contributed by atoms with van der Waals surface area (Å²) < 4.78 is 5.99. The van der Waals surface area contributed by atoms with E-state index in [1.165, 1.54) is 0 Å². The fraction of sp³-hybridized carbons (Fsp3) is 0.409. The Morgan fingerprint density at radius 1 is 1.20 bits per heavy atom. The van der Waals surface area contributed by atoms with Crippen molar-refractivity contribution in [2.45, 2.75) is 32.0 Å². The third kappa shape index (κ3) is 6.77. The Kier molecular flexibility index (Phi) is 8.22. The minimum atomic E-state index is -0.639. The van der Waals surface area contributed by atoms with Crippen LogP contribution < -0.4 is 15.4 Å². The number of urea groups is 1. The van der Waals surface area contributed by atoms with E-state index in [4.69, 9.17) is 27.9 Å². The Bertz CT molecular complexity index is 857. The molecule has 0 radical (unpaired) electrons. The molecule has 3 N–H and O–H groups in total. The van der Waals surface area contributed by atoms with Crippen molar-refractivity contribution in [1.82, 2.24) is 10.2 Å². The van der Waals surface area contributed by atoms with Crippen molar-refractivity contribution in [3.63, 3.8) is 0 Å². The number of likely N-dealkylation sites (tertiary alicyclic amines) is 1. The van der Waals surface area contributed by atoms with E-state index < -0.39 is 6.10 Å². The molecular formula is C22H27Cl2N3O3. The quantitative estimate of drug-likeness (QED) is 0.585. The van der Waals surface area contributed by atoms with Crippen molar-refractivity contribution in [1.29, 1.82) is 0 Å². The summed E-state index contributed by atoms with van der Waals surface area (Å²) in [6.45, 7) is 4.26. The average Bonchev–Trinajstić information content (AvgIpc) is 2.72. The smallest absolute Gasteiger partial charge is 0.319 e. The summed E-state index contributed by atoms with van der Waals surface area (Å²) in [5.74, 6) is 0.715. The zero-order valence-electron chi connectivity index (χ0n) is 16.9. The molecule has 2 amide bonds. The summed E-state index contributed by atoms with van der Waals surface area (Å²) in [5, 5.41) is 16.8. The minimum Gasteiger partial charge on any atom is -0.490 e. The molecule has 1 saturated heterocycles. The number of piperidine rings is 1. The molecule has 1 fully saturated rings. The van der Waals surface area contributed by atoms with Crippen LogP contribution in [-0.4, -0.2) is 54.4 Å². The molecule has 0 aromatic heterocycles. The van der Waals surface area contributed by atoms with Crippen molar-refractivity contribution < 1.29 is 14.6 Å². The second-order valence-corrected chi connectivity index (χ2v) is 8.31. The number of hydrogen-bond donors (Lipinski definition) is 3. The molecule has 30 heavy (non-hydrogen) atoms. The van der Waals surface area contributed by atoms with Crippen LogP contribution in [0.3, 0.4) is 0 Å². The van der Waals surface area contributed by atoms with Gasteiger partial charge in [-0.1, -0.05) is 41.4 Å². The van der Waals surface area contributed by atoms with Gasteiger partial charge in [0.1, 0.15) is 11.9 Å². The maximum absolute atomic E-state index is 12.0. The SMILES string of the molecule is Cc1ccccc1NC(=O)NCC(O)CN1CCC(Oc2ccc(Cl)c(Cl)c2)CC1. The molecule has 1 aliphatic heterocycles. The summed E-state index contributed by atoms with van der Waals surface area (Å²) in [4.78, 5) is 14.2. The third-order valence-electron chi connectivity index (χ3n) is 5.09. The molecule has 0 spiro atoms. The van der Waals surface area contributed by atoms with Gasteiger partial charge in [-0.15, -0.1) is 0 Å². The number of aliphatic hydroxyl groups is 1. The number of ether oxygens (including phenoxy) is 1. The summed E-state index contributed by atoms with van der Waals surface area (Å²) in [5.41, 5.74) is 1.74. The number of aryl methyl sites for hydroxylation is 1. The number of aliphatic hydroxyl groups excluding tert-OH is 1. The van der Waals surface area contributed by atoms with Crippen LogP contribution in [0.15, 0.2) is 42.5 Å². The zero-order valence-corrected chi connectivity index (χ0v) is 18.4. The summed E-state index contributed by atoms with van der Waals surface area (Å²) in [7, 11) is 0. The predicted molar refractivity (Wildman–Crippen MR) is 121 cm³/mol. The van der Waals surface area contributed by atoms with Crippen molar-refractivity contribution in [2.24, 2.45) is 0 Å². The largest absolute Gasteiger partial charge is 0.490 e. The van der Waals surface area contributed by atoms with E-state index in [1.807, 2.05) is 37.3 Å². The molecule has 1 atom stereocenters. The highest BCUT2D eigenvalue weighted by molar-refractivity contribution is 6.42. The van der Waals surface area contributed by atoms with E-state index in [0.717, 1.165) is 37.2 Å². The summed E-state index contributed by atoms with van der Waals surface area (Å²) in [6.07, 6.45) is 1.18. The van der Waals surface area contributed by atoms with Crippen molar-refractivity contribution in [2.75, 3.05) is 31.5 Å². The Hall–Kier alpha value is -1.99. The van der Waals surface area contributed by atoms with Crippen LogP contribution in [0.4, 0.5) is 10.5 Å². The number of anilines is 1. The molecule has 3 rings (SSSR count). The summed E-state index contributed by atoms with van der Waals surface area (Å²) >= 11 is 12.0. The molecular weight excluding hydrogens is 425 g/mol. The molecule has 0 aliphatic carbocycles. The molecule has 162 valence electrons. The van der Waals surface area contributed by atoms with Gasteiger partial charge in [0.05, 0.1) is 16.1 Å². The summed E-state index contributed by atoms with van der Waals surface area (Å²) in [6, 6.07) is 12.5. The number of para-hydroxylation sites is 1. The van der Waals surface area contributed by atoms with Gasteiger partial charge in [0.2, 0.25) is 0 Å². The van der Waals surface area contributed by atoms with Gasteiger partial charge in [0, 0.05) is 37.9 Å². The highest BCUT2D eigenvalue weighted by Gasteiger charge is 2.22. The molecule has 0 saturated carbocycles. The second kappa shape index (κ2) is 10.9. The lowest BCUT2D eigenvalue weighted by molar-refractivity contribution is 0.0621. The van der Waals surface area contributed by atoms with Crippen LogP contribution in [0, 0.1) is 6.92 Å². The first-order chi connectivity index (χ1) is 14.4. The number of nitrogens with one attached hydrogen (secondary N) is 2. The number of amides is 2. The first-order valence-corrected chi connectivity index (χ1v) is 10.8. The topological polar surface area (TPSA) is 73.8 Å². The zero-order chi connectivity index (χ0) is 21.5. The number of nitrogens with zero attached hydrogens (tertiary/aromatic N) is 1. The number of halogens is 2. The monoisotopic (exact) mass is 451 g/mol. The first-order valence-electron chi connectivity index (χ1n) is 10.0. The van der Waals surface area contributed by atoms with Gasteiger partial charge in [-0.2, -0.15) is 0 Å². The number of benzene rings is 2. The average molecular weight is 452 g/mol. The van der Waals surface area contributed by atoms with E-state index in [-0.39, 0.29) is 18.7 Å². The highest BCUT2D eigenvalue weighted by Crippen LogP contribution is 2.28. The van der Waals surface area contributed by atoms with Crippen LogP contribution in [0.5, 0.6) is 5.75 Å². The van der Waals surface area contributed by atoms with Gasteiger partial charge in [0.25, 0.3) is 0 Å². The Balaban J connectivity index is 1.35. The molecule has 2 aromatic rings. The van der Waals surface area contributed by atoms with Crippen molar-refractivity contribution in [3.05, 3.63) is 58.1 Å². The Labute approximate surface area is 187 Å². The van der Waals surface area contributed by atoms with Crippen molar-refractivity contribution >= 4 is 34.9 Å². The van der Waals surface area contributed by atoms with Gasteiger partial charge in [-0.05, 0) is 43.5 Å². The van der Waals surface area contributed by atoms with Crippen molar-refractivity contribution in [3.8, 4) is 5.75 Å². The van der Waals surface area contributed by atoms with E-state index in [2.05, 4.69) is 15.5 Å². The molecule has 1 aliphatic rings. The third-order valence-corrected chi connectivity index (χ3v) is 5.83. The minimum absolute atomic E-state index is 0.105. The van der Waals surface area contributed by atoms with Crippen LogP contribution >= 0.6 is 23.2 Å². The maximum Gasteiger partial charge on any atom is 0.319 e. The molecule has 0 bridgehead atoms. The molecule has 6 nitrogen and oxygen atoms in total. The van der Waals surface area contributed by atoms with Crippen LogP contribution in [-0.2, 0) is 0 Å². The fourth-order valence-corrected chi connectivity index (χ4v) is 3.69. The second-order valence-electron chi connectivity index (χ2n) is 7.50. The molecule has 1 unspecified atom stereocenters. The van der Waals surface area contributed by atoms with Gasteiger partial charge < -0.3 is 25.4 Å². The van der Waals surface area contributed by atoms with Crippen LogP contribution in [0.25, 0.3) is 0 Å². The molecule has 1 heterocycles. The first kappa shape index (κ1) is 22.7. The van der Waals surface area contributed by atoms with Gasteiger partial charge in [-0.3, -0.25) is 0 Å². The number of rotatable bonds is 7. The standard InChI is InChI=1S/C22H27Cl2N3O3/c1-15-4-2-3-5-21(15)26-22(29)25-13-16(28)14-27-10-8-17(9-11-27)30-18-6-7-19(23)20(24)12-18/h2-7,12,16-17,28H,8-11,13-14H2,1H3,(H2,25,26,29). The number of carbonyl (C=O) groups excluding carboxylic acids is 1. The molecule has 2 aromatic carbocycles. The van der Waals surface area contributed by atoms with E-state index in [1.54, 1.807) is 12.1 Å². The predicted octanol–water partition coefficient (Wildman–Crippen LogP) is 4.33. The Morgan fingerprint density at radius 2 is 1.93 bits per heavy atom. The number of hydrogen-bond acceptors (Lipinski definition) is 4. The lowest BCUT2D eigenvalue weighted by Crippen LogP contribution is -2.45. The highest BCUT2D eigenvalue weighted by atomic mass is 35.5.